The lowest BCUT2D eigenvalue weighted by molar-refractivity contribution is 0.174. The normalized spacial score (nSPS) is 12.6. The minimum Gasteiger partial charge on any atom is -0.493 e. The molecule has 0 unspecified atom stereocenters. The maximum Gasteiger partial charge on any atom is 0.263 e. The van der Waals surface area contributed by atoms with E-state index in [0.717, 1.165) is 5.56 Å². The Kier molecular flexibility index (Phi) is 8.60. The Hall–Kier alpha value is -4.55. The molecule has 2 heterocycles. The summed E-state index contributed by atoms with van der Waals surface area (Å²) in [6.45, 7) is 6.19. The number of fused-ring (bicyclic) bond motifs is 1. The van der Waals surface area contributed by atoms with Crippen LogP contribution in [0.25, 0.3) is 11.4 Å². The first-order chi connectivity index (χ1) is 20.6. The monoisotopic (exact) mass is 607 g/mol. The van der Waals surface area contributed by atoms with E-state index < -0.39 is 10.0 Å². The number of hydrogen-bond donors (Lipinski definition) is 2. The van der Waals surface area contributed by atoms with E-state index in [1.165, 1.54) is 7.11 Å². The number of sulfonamides is 1. The summed E-state index contributed by atoms with van der Waals surface area (Å²) >= 11 is 0. The first-order valence-electron chi connectivity index (χ1n) is 13.6. The lowest BCUT2D eigenvalue weighted by Crippen LogP contribution is -2.17. The van der Waals surface area contributed by atoms with E-state index in [0.29, 0.717) is 29.2 Å². The quantitative estimate of drug-likeness (QED) is 0.209. The molecule has 3 aromatic carbocycles. The van der Waals surface area contributed by atoms with E-state index in [-0.39, 0.29) is 59.3 Å². The molecule has 0 atom stereocenters. The van der Waals surface area contributed by atoms with Crippen LogP contribution in [0, 0.1) is 0 Å². The van der Waals surface area contributed by atoms with Gasteiger partial charge in [0.15, 0.2) is 34.6 Å². The van der Waals surface area contributed by atoms with Crippen LogP contribution < -0.4 is 28.4 Å². The molecule has 0 amide bonds. The number of ether oxygens (including phenoxy) is 5. The third kappa shape index (κ3) is 6.76. The van der Waals surface area contributed by atoms with Crippen molar-refractivity contribution >= 4 is 15.8 Å². The van der Waals surface area contributed by atoms with Crippen LogP contribution in [0.3, 0.4) is 0 Å². The molecular weight excluding hydrogens is 574 g/mol. The van der Waals surface area contributed by atoms with Crippen molar-refractivity contribution in [3.63, 3.8) is 0 Å². The summed E-state index contributed by atoms with van der Waals surface area (Å²) in [5.74, 6) is 1.61. The average molecular weight is 608 g/mol. The highest BCUT2D eigenvalue weighted by molar-refractivity contribution is 7.92. The molecule has 0 saturated heterocycles. The van der Waals surface area contributed by atoms with Crippen molar-refractivity contribution < 1.29 is 37.2 Å². The Morgan fingerprint density at radius 3 is 2.37 bits per heavy atom. The smallest absolute Gasteiger partial charge is 0.263 e. The number of methoxy groups -OCH3 is 1. The summed E-state index contributed by atoms with van der Waals surface area (Å²) in [7, 11) is -2.66. The maximum absolute atomic E-state index is 13.7. The number of anilines is 1. The molecule has 11 nitrogen and oxygen atoms in total. The van der Waals surface area contributed by atoms with Gasteiger partial charge in [0.1, 0.15) is 0 Å². The van der Waals surface area contributed by atoms with Crippen molar-refractivity contribution in [1.82, 2.24) is 9.97 Å². The number of nitrogens with one attached hydrogen (secondary N) is 1. The van der Waals surface area contributed by atoms with E-state index >= 15 is 0 Å². The van der Waals surface area contributed by atoms with Gasteiger partial charge in [0, 0.05) is 18.6 Å². The second-order valence-corrected chi connectivity index (χ2v) is 12.3. The second-order valence-electron chi connectivity index (χ2n) is 10.7. The van der Waals surface area contributed by atoms with Crippen LogP contribution in [-0.2, 0) is 15.4 Å². The molecule has 2 N–H and O–H groups in total. The van der Waals surface area contributed by atoms with Gasteiger partial charge >= 0.3 is 0 Å². The number of nitrogens with zero attached hydrogens (tertiary/aromatic N) is 2. The molecule has 226 valence electrons. The minimum atomic E-state index is -4.15. The number of hydrogen-bond acceptors (Lipinski definition) is 10. The number of aromatic nitrogens is 2. The summed E-state index contributed by atoms with van der Waals surface area (Å²) < 4.78 is 58.5. The van der Waals surface area contributed by atoms with Crippen LogP contribution in [0.4, 0.5) is 5.82 Å². The zero-order valence-corrected chi connectivity index (χ0v) is 25.1. The predicted octanol–water partition coefficient (Wildman–Crippen LogP) is 5.53. The number of benzene rings is 3. The number of aliphatic hydroxyl groups is 1. The predicted molar refractivity (Wildman–Crippen MR) is 160 cm³/mol. The first kappa shape index (κ1) is 29.9. The molecule has 0 spiro atoms. The molecule has 4 aromatic rings. The number of rotatable bonds is 11. The van der Waals surface area contributed by atoms with Gasteiger partial charge in [-0.15, -0.1) is 0 Å². The van der Waals surface area contributed by atoms with Gasteiger partial charge in [0.05, 0.1) is 18.6 Å². The van der Waals surface area contributed by atoms with Gasteiger partial charge in [-0.3, -0.25) is 4.72 Å². The van der Waals surface area contributed by atoms with Gasteiger partial charge in [-0.25, -0.2) is 13.4 Å². The maximum atomic E-state index is 13.7. The highest BCUT2D eigenvalue weighted by Crippen LogP contribution is 2.43. The van der Waals surface area contributed by atoms with Crippen LogP contribution in [0.5, 0.6) is 34.6 Å². The zero-order chi connectivity index (χ0) is 30.6. The van der Waals surface area contributed by atoms with Crippen LogP contribution >= 0.6 is 0 Å². The van der Waals surface area contributed by atoms with Gasteiger partial charge in [0.25, 0.3) is 15.9 Å². The third-order valence-electron chi connectivity index (χ3n) is 6.55. The Morgan fingerprint density at radius 1 is 0.953 bits per heavy atom. The van der Waals surface area contributed by atoms with Crippen molar-refractivity contribution in [2.75, 3.05) is 31.8 Å². The van der Waals surface area contributed by atoms with Crippen molar-refractivity contribution in [3.05, 3.63) is 72.3 Å². The van der Waals surface area contributed by atoms with Crippen molar-refractivity contribution in [2.24, 2.45) is 0 Å². The van der Waals surface area contributed by atoms with Crippen LogP contribution in [-0.4, -0.2) is 50.6 Å². The largest absolute Gasteiger partial charge is 0.493 e. The molecule has 0 bridgehead atoms. The molecule has 0 fully saturated rings. The molecule has 43 heavy (non-hydrogen) atoms. The molecule has 0 saturated carbocycles. The highest BCUT2D eigenvalue weighted by Gasteiger charge is 2.26. The second kappa shape index (κ2) is 12.4. The summed E-state index contributed by atoms with van der Waals surface area (Å²) in [6.07, 6.45) is 0.304. The van der Waals surface area contributed by atoms with Crippen LogP contribution in [0.1, 0.15) is 32.8 Å². The van der Waals surface area contributed by atoms with Crippen LogP contribution in [0.15, 0.2) is 71.6 Å². The fraction of sp³-hybridized carbons (Fsp3) is 0.290. The average Bonchev–Trinajstić information content (AvgIpc) is 3.46. The van der Waals surface area contributed by atoms with E-state index in [4.69, 9.17) is 23.7 Å². The zero-order valence-electron chi connectivity index (χ0n) is 24.3. The Balaban J connectivity index is 1.64. The van der Waals surface area contributed by atoms with E-state index in [2.05, 4.69) is 14.7 Å². The number of aliphatic hydroxyl groups excluding tert-OH is 1. The third-order valence-corrected chi connectivity index (χ3v) is 7.90. The molecule has 1 aromatic heterocycles. The summed E-state index contributed by atoms with van der Waals surface area (Å²) in [5.41, 5.74) is 1.35. The lowest BCUT2D eigenvalue weighted by atomic mass is 9.87. The standard InChI is InChI=1S/C31H33N3O8S/c1-31(2,3)21-11-13-22(14-12-21)43(36,37)34-29-27(42-25-9-6-5-8-23(25)38-4)30(39-17-7-16-35)33-28(32-29)20-10-15-24-26(18-20)41-19-40-24/h5-6,8-15,18,35H,7,16-17,19H2,1-4H3,(H,32,33,34). The van der Waals surface area contributed by atoms with Crippen molar-refractivity contribution in [2.45, 2.75) is 37.5 Å². The van der Waals surface area contributed by atoms with Gasteiger partial charge < -0.3 is 28.8 Å². The summed E-state index contributed by atoms with van der Waals surface area (Å²) in [5, 5.41) is 9.36. The Morgan fingerprint density at radius 2 is 1.67 bits per heavy atom. The van der Waals surface area contributed by atoms with Crippen LogP contribution in [0.2, 0.25) is 0 Å². The van der Waals surface area contributed by atoms with Gasteiger partial charge in [-0.1, -0.05) is 45.0 Å². The van der Waals surface area contributed by atoms with Gasteiger partial charge in [-0.05, 0) is 53.4 Å². The van der Waals surface area contributed by atoms with E-state index in [1.807, 2.05) is 20.8 Å². The van der Waals surface area contributed by atoms with E-state index in [9.17, 15) is 13.5 Å². The fourth-order valence-electron chi connectivity index (χ4n) is 4.22. The highest BCUT2D eigenvalue weighted by atomic mass is 32.2. The summed E-state index contributed by atoms with van der Waals surface area (Å²) in [6, 6.07) is 18.7. The molecule has 5 rings (SSSR count). The molecule has 0 aliphatic carbocycles. The SMILES string of the molecule is COc1ccccc1Oc1c(NS(=O)(=O)c2ccc(C(C)(C)C)cc2)nc(-c2ccc3c(c2)OCO3)nc1OCCCO. The summed E-state index contributed by atoms with van der Waals surface area (Å²) in [4.78, 5) is 9.20. The molecule has 1 aliphatic rings. The van der Waals surface area contributed by atoms with Gasteiger partial charge in [-0.2, -0.15) is 4.98 Å². The van der Waals surface area contributed by atoms with Crippen molar-refractivity contribution in [1.29, 1.82) is 0 Å². The minimum absolute atomic E-state index is 0.0368. The van der Waals surface area contributed by atoms with E-state index in [1.54, 1.807) is 66.7 Å². The number of para-hydroxylation sites is 2. The fourth-order valence-corrected chi connectivity index (χ4v) is 5.23. The molecule has 12 heteroatoms. The van der Waals surface area contributed by atoms with Crippen molar-refractivity contribution in [3.8, 4) is 46.0 Å². The molecule has 1 aliphatic heterocycles. The Labute approximate surface area is 250 Å². The Bertz CT molecular complexity index is 1700. The lowest BCUT2D eigenvalue weighted by Gasteiger charge is -2.20. The van der Waals surface area contributed by atoms with Gasteiger partial charge in [0.2, 0.25) is 12.5 Å². The molecular formula is C31H33N3O8S. The topological polar surface area (TPSA) is 138 Å². The first-order valence-corrected chi connectivity index (χ1v) is 15.1. The molecule has 0 radical (unpaired) electrons.